The highest BCUT2D eigenvalue weighted by Crippen LogP contribution is 2.23. The molecule has 3 rings (SSSR count). The van der Waals surface area contributed by atoms with E-state index in [1.807, 2.05) is 0 Å². The molecule has 0 unspecified atom stereocenters. The molecule has 0 aliphatic rings. The highest BCUT2D eigenvalue weighted by molar-refractivity contribution is 7.89. The average Bonchev–Trinajstić information content (AvgIpc) is 2.69. The van der Waals surface area contributed by atoms with E-state index in [1.54, 1.807) is 42.5 Å². The molecule has 0 saturated carbocycles. The van der Waals surface area contributed by atoms with Crippen LogP contribution < -0.4 is 5.32 Å². The zero-order chi connectivity index (χ0) is 21.7. The summed E-state index contributed by atoms with van der Waals surface area (Å²) in [5.41, 5.74) is 1.07. The van der Waals surface area contributed by atoms with Crippen molar-refractivity contribution in [3.05, 3.63) is 93.4 Å². The number of sulfonamides is 1. The molecule has 0 aliphatic heterocycles. The quantitative estimate of drug-likeness (QED) is 0.484. The molecule has 9 heteroatoms. The standard InChI is InChI=1S/C21H17Cl3N2O3S/c22-16-8-6-15(7-9-16)13-26(30(28,29)20-4-2-1-3-5-20)14-21(27)25-19-11-17(23)10-18(24)12-19/h1-12H,13-14H2,(H,25,27). The van der Waals surface area contributed by atoms with E-state index in [9.17, 15) is 13.2 Å². The third-order valence-corrected chi connectivity index (χ3v) is 6.61. The van der Waals surface area contributed by atoms with Gasteiger partial charge in [0.25, 0.3) is 0 Å². The summed E-state index contributed by atoms with van der Waals surface area (Å²) in [6.07, 6.45) is 0. The summed E-state index contributed by atoms with van der Waals surface area (Å²) in [6, 6.07) is 19.3. The Kier molecular flexibility index (Phi) is 7.39. The number of carbonyl (C=O) groups is 1. The summed E-state index contributed by atoms with van der Waals surface area (Å²) < 4.78 is 27.5. The lowest BCUT2D eigenvalue weighted by Crippen LogP contribution is -2.37. The molecule has 5 nitrogen and oxygen atoms in total. The fraction of sp³-hybridized carbons (Fsp3) is 0.0952. The number of nitrogens with zero attached hydrogens (tertiary/aromatic N) is 1. The first-order chi connectivity index (χ1) is 14.2. The van der Waals surface area contributed by atoms with Crippen LogP contribution in [0.5, 0.6) is 0 Å². The fourth-order valence-corrected chi connectivity index (χ4v) is 4.81. The van der Waals surface area contributed by atoms with E-state index in [2.05, 4.69) is 5.32 Å². The van der Waals surface area contributed by atoms with E-state index in [1.165, 1.54) is 30.3 Å². The predicted octanol–water partition coefficient (Wildman–Crippen LogP) is 5.48. The highest BCUT2D eigenvalue weighted by Gasteiger charge is 2.27. The second kappa shape index (κ2) is 9.81. The largest absolute Gasteiger partial charge is 0.325 e. The van der Waals surface area contributed by atoms with Crippen LogP contribution in [0.4, 0.5) is 5.69 Å². The zero-order valence-corrected chi connectivity index (χ0v) is 18.6. The first-order valence-electron chi connectivity index (χ1n) is 8.79. The fourth-order valence-electron chi connectivity index (χ4n) is 2.75. The van der Waals surface area contributed by atoms with Gasteiger partial charge < -0.3 is 5.32 Å². The smallest absolute Gasteiger partial charge is 0.243 e. The van der Waals surface area contributed by atoms with Crippen LogP contribution >= 0.6 is 34.8 Å². The van der Waals surface area contributed by atoms with Crippen molar-refractivity contribution in [2.45, 2.75) is 11.4 Å². The Hall–Kier alpha value is -2.09. The number of hydrogen-bond acceptors (Lipinski definition) is 3. The predicted molar refractivity (Wildman–Crippen MR) is 121 cm³/mol. The van der Waals surface area contributed by atoms with Crippen molar-refractivity contribution < 1.29 is 13.2 Å². The minimum absolute atomic E-state index is 0.00187. The molecule has 1 N–H and O–H groups in total. The molecular weight excluding hydrogens is 467 g/mol. The molecule has 0 fully saturated rings. The van der Waals surface area contributed by atoms with Gasteiger partial charge in [-0.15, -0.1) is 0 Å². The van der Waals surface area contributed by atoms with Gasteiger partial charge in [-0.05, 0) is 48.0 Å². The van der Waals surface area contributed by atoms with Gasteiger partial charge in [0.05, 0.1) is 11.4 Å². The van der Waals surface area contributed by atoms with Crippen molar-refractivity contribution in [2.75, 3.05) is 11.9 Å². The zero-order valence-electron chi connectivity index (χ0n) is 15.6. The van der Waals surface area contributed by atoms with Crippen molar-refractivity contribution in [3.63, 3.8) is 0 Å². The molecule has 0 atom stereocenters. The van der Waals surface area contributed by atoms with Crippen molar-refractivity contribution in [3.8, 4) is 0 Å². The molecule has 30 heavy (non-hydrogen) atoms. The SMILES string of the molecule is O=C(CN(Cc1ccc(Cl)cc1)S(=O)(=O)c1ccccc1)Nc1cc(Cl)cc(Cl)c1. The molecular formula is C21H17Cl3N2O3S. The van der Waals surface area contributed by atoms with E-state index < -0.39 is 22.5 Å². The van der Waals surface area contributed by atoms with E-state index in [-0.39, 0.29) is 11.4 Å². The highest BCUT2D eigenvalue weighted by atomic mass is 35.5. The van der Waals surface area contributed by atoms with Crippen LogP contribution in [0.3, 0.4) is 0 Å². The van der Waals surface area contributed by atoms with Crippen molar-refractivity contribution >= 4 is 56.4 Å². The summed E-state index contributed by atoms with van der Waals surface area (Å²) in [5, 5.41) is 3.88. The topological polar surface area (TPSA) is 66.5 Å². The molecule has 0 radical (unpaired) electrons. The second-order valence-corrected chi connectivity index (χ2v) is 9.67. The maximum Gasteiger partial charge on any atom is 0.243 e. The molecule has 0 spiro atoms. The van der Waals surface area contributed by atoms with Crippen molar-refractivity contribution in [1.82, 2.24) is 4.31 Å². The molecule has 156 valence electrons. The van der Waals surface area contributed by atoms with Gasteiger partial charge >= 0.3 is 0 Å². The first-order valence-corrected chi connectivity index (χ1v) is 11.4. The molecule has 0 bridgehead atoms. The molecule has 0 aliphatic carbocycles. The molecule has 3 aromatic carbocycles. The van der Waals surface area contributed by atoms with Crippen molar-refractivity contribution in [2.24, 2.45) is 0 Å². The van der Waals surface area contributed by atoms with Crippen LogP contribution in [0.2, 0.25) is 15.1 Å². The number of halogens is 3. The van der Waals surface area contributed by atoms with E-state index in [0.29, 0.717) is 26.3 Å². The lowest BCUT2D eigenvalue weighted by Gasteiger charge is -2.22. The summed E-state index contributed by atoms with van der Waals surface area (Å²) in [4.78, 5) is 12.7. The number of hydrogen-bond donors (Lipinski definition) is 1. The number of nitrogens with one attached hydrogen (secondary N) is 1. The number of amides is 1. The van der Waals surface area contributed by atoms with Crippen LogP contribution in [0, 0.1) is 0 Å². The van der Waals surface area contributed by atoms with Crippen LogP contribution in [0.25, 0.3) is 0 Å². The Balaban J connectivity index is 1.86. The summed E-state index contributed by atoms with van der Waals surface area (Å²) >= 11 is 17.8. The Morgan fingerprint density at radius 2 is 1.43 bits per heavy atom. The van der Waals surface area contributed by atoms with Gasteiger partial charge in [-0.25, -0.2) is 8.42 Å². The van der Waals surface area contributed by atoms with Gasteiger partial charge in [0, 0.05) is 27.3 Å². The van der Waals surface area contributed by atoms with Crippen molar-refractivity contribution in [1.29, 1.82) is 0 Å². The van der Waals surface area contributed by atoms with Crippen LogP contribution in [-0.2, 0) is 21.4 Å². The van der Waals surface area contributed by atoms with Crippen LogP contribution in [0.15, 0.2) is 77.7 Å². The second-order valence-electron chi connectivity index (χ2n) is 6.42. The molecule has 0 aromatic heterocycles. The first kappa shape index (κ1) is 22.6. The number of carbonyl (C=O) groups excluding carboxylic acids is 1. The van der Waals surface area contributed by atoms with Crippen LogP contribution in [0.1, 0.15) is 5.56 Å². The lowest BCUT2D eigenvalue weighted by atomic mass is 10.2. The summed E-state index contributed by atoms with van der Waals surface area (Å²) in [6.45, 7) is -0.401. The minimum atomic E-state index is -3.93. The van der Waals surface area contributed by atoms with Gasteiger partial charge in [-0.2, -0.15) is 4.31 Å². The third kappa shape index (κ3) is 5.97. The normalized spacial score (nSPS) is 11.5. The Morgan fingerprint density at radius 1 is 0.833 bits per heavy atom. The van der Waals surface area contributed by atoms with Crippen LogP contribution in [-0.4, -0.2) is 25.2 Å². The Bertz CT molecular complexity index is 1120. The van der Waals surface area contributed by atoms with E-state index in [0.717, 1.165) is 4.31 Å². The Morgan fingerprint density at radius 3 is 2.03 bits per heavy atom. The lowest BCUT2D eigenvalue weighted by molar-refractivity contribution is -0.116. The summed E-state index contributed by atoms with van der Waals surface area (Å²) in [7, 11) is -3.93. The molecule has 3 aromatic rings. The number of rotatable bonds is 7. The van der Waals surface area contributed by atoms with Gasteiger partial charge in [-0.3, -0.25) is 4.79 Å². The minimum Gasteiger partial charge on any atom is -0.325 e. The summed E-state index contributed by atoms with van der Waals surface area (Å²) in [5.74, 6) is -0.526. The average molecular weight is 484 g/mol. The maximum atomic E-state index is 13.2. The van der Waals surface area contributed by atoms with E-state index >= 15 is 0 Å². The van der Waals surface area contributed by atoms with Gasteiger partial charge in [-0.1, -0.05) is 65.1 Å². The number of benzene rings is 3. The Labute approximate surface area is 190 Å². The monoisotopic (exact) mass is 482 g/mol. The molecule has 1 amide bonds. The van der Waals surface area contributed by atoms with Gasteiger partial charge in [0.1, 0.15) is 0 Å². The maximum absolute atomic E-state index is 13.2. The van der Waals surface area contributed by atoms with Gasteiger partial charge in [0.2, 0.25) is 15.9 Å². The molecule has 0 saturated heterocycles. The van der Waals surface area contributed by atoms with Gasteiger partial charge in [0.15, 0.2) is 0 Å². The van der Waals surface area contributed by atoms with E-state index in [4.69, 9.17) is 34.8 Å². The molecule has 0 heterocycles. The number of anilines is 1. The third-order valence-electron chi connectivity index (χ3n) is 4.12.